The summed E-state index contributed by atoms with van der Waals surface area (Å²) in [4.78, 5) is 12.4. The summed E-state index contributed by atoms with van der Waals surface area (Å²) in [6.45, 7) is 7.01. The van der Waals surface area contributed by atoms with Gasteiger partial charge < -0.3 is 10.4 Å². The van der Waals surface area contributed by atoms with Gasteiger partial charge in [0.05, 0.1) is 26.1 Å². The molecule has 3 rings (SSSR count). The molecule has 0 atom stereocenters. The number of phenolic OH excluding ortho intramolecular Hbond substituents is 1. The van der Waals surface area contributed by atoms with Crippen LogP contribution in [0, 0.1) is 6.92 Å². The zero-order valence-corrected chi connectivity index (χ0v) is 23.8. The fraction of sp³-hybridized carbons (Fsp3) is 0.269. The van der Waals surface area contributed by atoms with Crippen LogP contribution >= 0.6 is 11.6 Å². The fourth-order valence-electron chi connectivity index (χ4n) is 3.88. The summed E-state index contributed by atoms with van der Waals surface area (Å²) in [7, 11) is -9.10. The van der Waals surface area contributed by atoms with Crippen molar-refractivity contribution in [1.82, 2.24) is 0 Å². The number of amides is 1. The van der Waals surface area contributed by atoms with Crippen LogP contribution < -0.4 is 5.32 Å². The second-order valence-corrected chi connectivity index (χ2v) is 14.3. The lowest BCUT2D eigenvalue weighted by Gasteiger charge is -2.25. The van der Waals surface area contributed by atoms with E-state index in [0.29, 0.717) is 34.4 Å². The molecule has 210 valence electrons. The highest BCUT2D eigenvalue weighted by molar-refractivity contribution is 7.92. The van der Waals surface area contributed by atoms with Gasteiger partial charge in [0, 0.05) is 11.8 Å². The van der Waals surface area contributed by atoms with Crippen LogP contribution in [0.3, 0.4) is 0 Å². The minimum atomic E-state index is -5.66. The number of benzene rings is 3. The molecular formula is C26H25ClF3NO6S2. The third kappa shape index (κ3) is 6.07. The van der Waals surface area contributed by atoms with Gasteiger partial charge in [-0.3, -0.25) is 4.79 Å². The lowest BCUT2D eigenvalue weighted by molar-refractivity contribution is -0.0436. The number of hydrogen-bond acceptors (Lipinski definition) is 6. The smallest absolute Gasteiger partial charge is 0.501 e. The van der Waals surface area contributed by atoms with E-state index in [2.05, 4.69) is 5.32 Å². The highest BCUT2D eigenvalue weighted by atomic mass is 35.5. The Morgan fingerprint density at radius 3 is 1.92 bits per heavy atom. The van der Waals surface area contributed by atoms with Crippen molar-refractivity contribution in [3.05, 3.63) is 70.2 Å². The minimum Gasteiger partial charge on any atom is -0.507 e. The molecule has 0 aliphatic heterocycles. The quantitative estimate of drug-likeness (QED) is 0.355. The molecule has 0 saturated carbocycles. The lowest BCUT2D eigenvalue weighted by atomic mass is 9.81. The van der Waals surface area contributed by atoms with Crippen molar-refractivity contribution < 1.29 is 39.9 Å². The van der Waals surface area contributed by atoms with Gasteiger partial charge in [-0.2, -0.15) is 13.2 Å². The van der Waals surface area contributed by atoms with Crippen LogP contribution in [0.2, 0.25) is 5.02 Å². The third-order valence-corrected chi connectivity index (χ3v) is 8.92. The predicted octanol–water partition coefficient (Wildman–Crippen LogP) is 6.27. The maximum atomic E-state index is 13.4. The number of aromatic hydroxyl groups is 1. The molecule has 1 amide bonds. The Hall–Kier alpha value is -3.09. The van der Waals surface area contributed by atoms with E-state index in [1.165, 1.54) is 12.1 Å². The Balaban J connectivity index is 2.13. The normalized spacial score (nSPS) is 12.8. The second kappa shape index (κ2) is 10.1. The Kier molecular flexibility index (Phi) is 7.92. The zero-order chi connectivity index (χ0) is 29.7. The SMILES string of the molecule is Cc1c(-c2ccc(S(C)(=O)=O)cc2)cc(C(C)(C)C)c(O)c1C(=O)Nc1ccc(S(=O)(=O)C(F)(F)F)cc1Cl. The van der Waals surface area contributed by atoms with Gasteiger partial charge in [0.2, 0.25) is 0 Å². The maximum absolute atomic E-state index is 13.4. The van der Waals surface area contributed by atoms with Crippen molar-refractivity contribution in [2.75, 3.05) is 11.6 Å². The second-order valence-electron chi connectivity index (χ2n) is 9.91. The van der Waals surface area contributed by atoms with Crippen LogP contribution in [0.25, 0.3) is 11.1 Å². The van der Waals surface area contributed by atoms with Crippen LogP contribution in [-0.4, -0.2) is 39.6 Å². The van der Waals surface area contributed by atoms with Gasteiger partial charge in [-0.1, -0.05) is 44.5 Å². The summed E-state index contributed by atoms with van der Waals surface area (Å²) in [5.41, 5.74) is -4.67. The van der Waals surface area contributed by atoms with Crippen molar-refractivity contribution in [1.29, 1.82) is 0 Å². The monoisotopic (exact) mass is 603 g/mol. The Morgan fingerprint density at radius 2 is 1.46 bits per heavy atom. The van der Waals surface area contributed by atoms with Gasteiger partial charge in [0.25, 0.3) is 15.7 Å². The van der Waals surface area contributed by atoms with Crippen LogP contribution in [0.15, 0.2) is 58.3 Å². The summed E-state index contributed by atoms with van der Waals surface area (Å²) in [6, 6.07) is 9.84. The Bertz CT molecular complexity index is 1680. The summed E-state index contributed by atoms with van der Waals surface area (Å²) in [6.07, 6.45) is 1.07. The number of phenols is 1. The average molecular weight is 604 g/mol. The van der Waals surface area contributed by atoms with Crippen LogP contribution in [-0.2, 0) is 25.1 Å². The van der Waals surface area contributed by atoms with Crippen molar-refractivity contribution in [2.45, 2.75) is 48.4 Å². The van der Waals surface area contributed by atoms with E-state index < -0.39 is 46.4 Å². The van der Waals surface area contributed by atoms with E-state index in [-0.39, 0.29) is 21.9 Å². The molecule has 2 N–H and O–H groups in total. The molecule has 0 heterocycles. The molecule has 0 unspecified atom stereocenters. The lowest BCUT2D eigenvalue weighted by Crippen LogP contribution is -2.23. The number of halogens is 4. The number of rotatable bonds is 5. The highest BCUT2D eigenvalue weighted by Crippen LogP contribution is 2.41. The maximum Gasteiger partial charge on any atom is 0.501 e. The number of carbonyl (C=O) groups excluding carboxylic acids is 1. The van der Waals surface area contributed by atoms with Crippen LogP contribution in [0.4, 0.5) is 18.9 Å². The Labute approximate surface area is 229 Å². The number of hydrogen-bond donors (Lipinski definition) is 2. The summed E-state index contributed by atoms with van der Waals surface area (Å²) < 4.78 is 85.8. The van der Waals surface area contributed by atoms with Gasteiger partial charge in [0.15, 0.2) is 9.84 Å². The fourth-order valence-corrected chi connectivity index (χ4v) is 5.59. The molecule has 39 heavy (non-hydrogen) atoms. The molecule has 0 fully saturated rings. The minimum absolute atomic E-state index is 0.0994. The predicted molar refractivity (Wildman–Crippen MR) is 143 cm³/mol. The average Bonchev–Trinajstić information content (AvgIpc) is 2.78. The standard InChI is InChI=1S/C26H25ClF3NO6S2/c1-14-18(15-6-8-16(9-7-15)38(5,34)35)13-19(25(2,3)4)23(32)22(14)24(33)31-21-11-10-17(12-20(21)27)39(36,37)26(28,29)30/h6-13,32H,1-5H3,(H,31,33). The first-order chi connectivity index (χ1) is 17.7. The van der Waals surface area contributed by atoms with Gasteiger partial charge >= 0.3 is 5.51 Å². The van der Waals surface area contributed by atoms with E-state index in [1.807, 2.05) is 20.8 Å². The van der Waals surface area contributed by atoms with E-state index >= 15 is 0 Å². The first kappa shape index (κ1) is 30.5. The van der Waals surface area contributed by atoms with E-state index in [4.69, 9.17) is 11.6 Å². The zero-order valence-electron chi connectivity index (χ0n) is 21.4. The van der Waals surface area contributed by atoms with Crippen molar-refractivity contribution >= 4 is 42.9 Å². The molecule has 0 aliphatic carbocycles. The van der Waals surface area contributed by atoms with Gasteiger partial charge in [-0.25, -0.2) is 16.8 Å². The van der Waals surface area contributed by atoms with Crippen molar-refractivity contribution in [3.8, 4) is 16.9 Å². The number of nitrogens with one attached hydrogen (secondary N) is 1. The van der Waals surface area contributed by atoms with Gasteiger partial charge in [0.1, 0.15) is 5.75 Å². The summed E-state index contributed by atoms with van der Waals surface area (Å²) >= 11 is 6.02. The van der Waals surface area contributed by atoms with Gasteiger partial charge in [-0.05, 0) is 65.4 Å². The van der Waals surface area contributed by atoms with E-state index in [1.54, 1.807) is 25.1 Å². The molecule has 0 aromatic heterocycles. The molecular weight excluding hydrogens is 579 g/mol. The first-order valence-corrected chi connectivity index (χ1v) is 15.0. The Morgan fingerprint density at radius 1 is 0.923 bits per heavy atom. The molecule has 13 heteroatoms. The number of sulfone groups is 2. The summed E-state index contributed by atoms with van der Waals surface area (Å²) in [5, 5.41) is 13.1. The topological polar surface area (TPSA) is 118 Å². The molecule has 0 saturated heterocycles. The molecule has 7 nitrogen and oxygen atoms in total. The van der Waals surface area contributed by atoms with E-state index in [0.717, 1.165) is 12.3 Å². The number of anilines is 1. The van der Waals surface area contributed by atoms with Crippen LogP contribution in [0.1, 0.15) is 42.3 Å². The van der Waals surface area contributed by atoms with Gasteiger partial charge in [-0.15, -0.1) is 0 Å². The largest absolute Gasteiger partial charge is 0.507 e. The highest BCUT2D eigenvalue weighted by Gasteiger charge is 2.47. The molecule has 3 aromatic carbocycles. The summed E-state index contributed by atoms with van der Waals surface area (Å²) in [5.74, 6) is -1.18. The first-order valence-electron chi connectivity index (χ1n) is 11.3. The number of carbonyl (C=O) groups is 1. The molecule has 0 radical (unpaired) electrons. The number of alkyl halides is 3. The molecule has 0 bridgehead atoms. The molecule has 0 aliphatic rings. The van der Waals surface area contributed by atoms with E-state index in [9.17, 15) is 39.9 Å². The molecule has 0 spiro atoms. The van der Waals surface area contributed by atoms with Crippen molar-refractivity contribution in [3.63, 3.8) is 0 Å². The molecule has 3 aromatic rings. The third-order valence-electron chi connectivity index (χ3n) is 5.99. The van der Waals surface area contributed by atoms with Crippen LogP contribution in [0.5, 0.6) is 5.75 Å². The van der Waals surface area contributed by atoms with Crippen molar-refractivity contribution in [2.24, 2.45) is 0 Å².